The van der Waals surface area contributed by atoms with E-state index in [0.717, 1.165) is 0 Å². The Bertz CT molecular complexity index is 885. The van der Waals surface area contributed by atoms with Crippen LogP contribution in [0.3, 0.4) is 0 Å². The lowest BCUT2D eigenvalue weighted by atomic mass is 10.3. The first kappa shape index (κ1) is 13.4. The van der Waals surface area contributed by atoms with E-state index in [0.29, 0.717) is 46.8 Å². The maximum absolute atomic E-state index is 12.6. The molecule has 0 aromatic carbocycles. The molecular weight excluding hydrogens is 294 g/mol. The summed E-state index contributed by atoms with van der Waals surface area (Å²) >= 11 is 10.8. The van der Waals surface area contributed by atoms with Crippen molar-refractivity contribution in [3.63, 3.8) is 0 Å². The minimum Gasteiger partial charge on any atom is -0.303 e. The maximum atomic E-state index is 12.6. The van der Waals surface area contributed by atoms with Crippen molar-refractivity contribution < 1.29 is 0 Å². The van der Waals surface area contributed by atoms with Gasteiger partial charge in [0, 0.05) is 26.2 Å². The van der Waals surface area contributed by atoms with E-state index in [4.69, 9.17) is 29.8 Å². The highest BCUT2D eigenvalue weighted by Gasteiger charge is 2.21. The van der Waals surface area contributed by atoms with Gasteiger partial charge in [0.05, 0.1) is 0 Å². The number of nitrogens with one attached hydrogen (secondary N) is 1. The number of rotatable bonds is 2. The van der Waals surface area contributed by atoms with Gasteiger partial charge in [-0.1, -0.05) is 0 Å². The summed E-state index contributed by atoms with van der Waals surface area (Å²) in [6.45, 7) is 6.30. The summed E-state index contributed by atoms with van der Waals surface area (Å²) in [6.07, 6.45) is 0. The number of aryl methyl sites for hydroxylation is 2. The Balaban J connectivity index is 2.75. The van der Waals surface area contributed by atoms with Crippen LogP contribution < -0.4 is 11.0 Å². The van der Waals surface area contributed by atoms with Crippen LogP contribution in [-0.2, 0) is 26.2 Å². The molecule has 3 heterocycles. The zero-order valence-electron chi connectivity index (χ0n) is 11.3. The molecule has 0 bridgehead atoms. The molecule has 1 N–H and O–H groups in total. The zero-order chi connectivity index (χ0) is 14.6. The van der Waals surface area contributed by atoms with Crippen LogP contribution in [0.15, 0.2) is 4.79 Å². The van der Waals surface area contributed by atoms with Crippen molar-refractivity contribution in [1.82, 2.24) is 18.3 Å². The van der Waals surface area contributed by atoms with E-state index >= 15 is 0 Å². The van der Waals surface area contributed by atoms with Gasteiger partial charge in [-0.2, -0.15) is 0 Å². The van der Waals surface area contributed by atoms with E-state index in [1.54, 1.807) is 9.13 Å². The van der Waals surface area contributed by atoms with E-state index in [1.807, 2.05) is 23.0 Å². The molecule has 2 aromatic rings. The predicted molar refractivity (Wildman–Crippen MR) is 81.0 cm³/mol. The lowest BCUT2D eigenvalue weighted by Crippen LogP contribution is -2.33. The highest BCUT2D eigenvalue weighted by molar-refractivity contribution is 7.71. The van der Waals surface area contributed by atoms with Gasteiger partial charge in [-0.15, -0.1) is 0 Å². The van der Waals surface area contributed by atoms with Gasteiger partial charge in [0.15, 0.2) is 9.54 Å². The third-order valence-electron chi connectivity index (χ3n) is 3.80. The first-order valence-corrected chi connectivity index (χ1v) is 7.40. The Morgan fingerprint density at radius 2 is 1.55 bits per heavy atom. The smallest absolute Gasteiger partial charge is 0.267 e. The molecule has 8 heteroatoms. The molecule has 0 fully saturated rings. The molecule has 0 unspecified atom stereocenters. The van der Waals surface area contributed by atoms with Gasteiger partial charge in [0.25, 0.3) is 5.56 Å². The Morgan fingerprint density at radius 3 is 2.05 bits per heavy atom. The van der Waals surface area contributed by atoms with Crippen LogP contribution in [0.2, 0.25) is 0 Å². The zero-order valence-corrected chi connectivity index (χ0v) is 13.0. The highest BCUT2D eigenvalue weighted by Crippen LogP contribution is 2.16. The molecule has 0 atom stereocenters. The number of nitrogens with zero attached hydrogens (tertiary/aromatic N) is 4. The van der Waals surface area contributed by atoms with E-state index in [1.165, 1.54) is 0 Å². The fraction of sp³-hybridized carbons (Fsp3) is 0.500. The molecule has 1 aliphatic rings. The monoisotopic (exact) mass is 309 g/mol. The van der Waals surface area contributed by atoms with Crippen LogP contribution in [0.25, 0.3) is 11.0 Å². The number of hydrogen-bond acceptors (Lipinski definition) is 4. The lowest BCUT2D eigenvalue weighted by Gasteiger charge is -2.13. The van der Waals surface area contributed by atoms with E-state index in [-0.39, 0.29) is 11.0 Å². The Morgan fingerprint density at radius 1 is 1.05 bits per heavy atom. The predicted octanol–water partition coefficient (Wildman–Crippen LogP) is 1.40. The van der Waals surface area contributed by atoms with Gasteiger partial charge in [0.2, 0.25) is 0 Å². The molecule has 106 valence electrons. The molecule has 2 aromatic heterocycles. The summed E-state index contributed by atoms with van der Waals surface area (Å²) in [5, 5.41) is 8.72. The van der Waals surface area contributed by atoms with Gasteiger partial charge in [-0.25, -0.2) is 0 Å². The lowest BCUT2D eigenvalue weighted by molar-refractivity contribution is 0.600. The second kappa shape index (κ2) is 4.49. The fourth-order valence-electron chi connectivity index (χ4n) is 2.82. The van der Waals surface area contributed by atoms with Crippen molar-refractivity contribution in [3.05, 3.63) is 25.4 Å². The molecule has 0 spiro atoms. The Kier molecular flexibility index (Phi) is 3.02. The quantitative estimate of drug-likeness (QED) is 0.853. The van der Waals surface area contributed by atoms with Crippen LogP contribution in [0.5, 0.6) is 0 Å². The molecule has 20 heavy (non-hydrogen) atoms. The van der Waals surface area contributed by atoms with E-state index in [9.17, 15) is 4.79 Å². The molecular formula is C12H15N5OS2. The second-order valence-corrected chi connectivity index (χ2v) is 5.44. The molecule has 0 aliphatic carbocycles. The van der Waals surface area contributed by atoms with Crippen molar-refractivity contribution in [2.75, 3.05) is 0 Å². The van der Waals surface area contributed by atoms with Crippen LogP contribution in [-0.4, -0.2) is 18.3 Å². The van der Waals surface area contributed by atoms with Gasteiger partial charge >= 0.3 is 0 Å². The number of aromatic nitrogens is 4. The molecule has 0 saturated heterocycles. The van der Waals surface area contributed by atoms with Gasteiger partial charge in [-0.3, -0.25) is 14.8 Å². The third kappa shape index (κ3) is 1.49. The molecule has 3 rings (SSSR count). The van der Waals surface area contributed by atoms with Gasteiger partial charge in [-0.05, 0) is 38.3 Å². The minimum absolute atomic E-state index is 0.182. The topological polar surface area (TPSA) is 60.6 Å². The van der Waals surface area contributed by atoms with Crippen molar-refractivity contribution >= 4 is 35.5 Å². The van der Waals surface area contributed by atoms with Gasteiger partial charge < -0.3 is 13.7 Å². The SMILES string of the molecule is CCn1c(=N)c2c(=O)n(CC)c(=S)n3c2n(c1=S)CC3. The summed E-state index contributed by atoms with van der Waals surface area (Å²) in [7, 11) is 0. The highest BCUT2D eigenvalue weighted by atomic mass is 32.1. The Hall–Kier alpha value is -1.54. The molecule has 0 radical (unpaired) electrons. The van der Waals surface area contributed by atoms with E-state index < -0.39 is 0 Å². The number of hydrogen-bond donors (Lipinski definition) is 1. The summed E-state index contributed by atoms with van der Waals surface area (Å²) < 4.78 is 8.18. The second-order valence-electron chi connectivity index (χ2n) is 4.71. The largest absolute Gasteiger partial charge is 0.303 e. The average Bonchev–Trinajstić information content (AvgIpc) is 2.84. The van der Waals surface area contributed by atoms with Crippen molar-refractivity contribution in [1.29, 1.82) is 5.41 Å². The first-order chi connectivity index (χ1) is 9.52. The molecule has 6 nitrogen and oxygen atoms in total. The standard InChI is InChI=1S/C12H15N5OS2/c1-3-14-8(13)7-9-16(11(14)19)5-6-17(9)12(20)15(4-2)10(7)18/h13H,3-6H2,1-2H3. The molecule has 0 amide bonds. The van der Waals surface area contributed by atoms with Crippen LogP contribution in [0.1, 0.15) is 13.8 Å². The summed E-state index contributed by atoms with van der Waals surface area (Å²) in [6, 6.07) is 0. The van der Waals surface area contributed by atoms with Crippen LogP contribution in [0.4, 0.5) is 0 Å². The molecule has 0 saturated carbocycles. The van der Waals surface area contributed by atoms with Gasteiger partial charge in [0.1, 0.15) is 16.5 Å². The summed E-state index contributed by atoms with van der Waals surface area (Å²) in [5.74, 6) is 0. The van der Waals surface area contributed by atoms with E-state index in [2.05, 4.69) is 0 Å². The maximum Gasteiger partial charge on any atom is 0.267 e. The summed E-state index contributed by atoms with van der Waals surface area (Å²) in [5.41, 5.74) is 0.688. The first-order valence-electron chi connectivity index (χ1n) is 6.58. The average molecular weight is 309 g/mol. The van der Waals surface area contributed by atoms with Crippen molar-refractivity contribution in [3.8, 4) is 0 Å². The van der Waals surface area contributed by atoms with Crippen LogP contribution >= 0.6 is 24.4 Å². The van der Waals surface area contributed by atoms with Crippen molar-refractivity contribution in [2.24, 2.45) is 0 Å². The third-order valence-corrected chi connectivity index (χ3v) is 4.69. The van der Waals surface area contributed by atoms with Crippen molar-refractivity contribution in [2.45, 2.75) is 40.0 Å². The summed E-state index contributed by atoms with van der Waals surface area (Å²) in [4.78, 5) is 12.6. The minimum atomic E-state index is -0.193. The van der Waals surface area contributed by atoms with Crippen LogP contribution in [0, 0.1) is 15.0 Å². The normalized spacial score (nSPS) is 13.3. The molecule has 1 aliphatic heterocycles. The fourth-order valence-corrected chi connectivity index (χ4v) is 3.61. The Labute approximate surface area is 125 Å².